The number of hydrogen-bond acceptors (Lipinski definition) is 6. The first-order valence-electron chi connectivity index (χ1n) is 10.4. The molecule has 0 radical (unpaired) electrons. The first kappa shape index (κ1) is 26.5. The van der Waals surface area contributed by atoms with Crippen molar-refractivity contribution < 1.29 is 27.9 Å². The minimum atomic E-state index is -3.56. The molecule has 1 N–H and O–H groups in total. The van der Waals surface area contributed by atoms with E-state index >= 15 is 0 Å². The Morgan fingerprint density at radius 1 is 0.967 bits per heavy atom. The molecule has 0 saturated carbocycles. The lowest BCUT2D eigenvalue weighted by Gasteiger charge is -2.28. The van der Waals surface area contributed by atoms with Gasteiger partial charge in [0.05, 0.1) is 13.2 Å². The summed E-state index contributed by atoms with van der Waals surface area (Å²) in [5.41, 5.74) is 0.0800. The lowest BCUT2D eigenvalue weighted by atomic mass is 10.1. The van der Waals surface area contributed by atoms with E-state index in [4.69, 9.17) is 18.5 Å². The monoisotopic (exact) mass is 443 g/mol. The fraction of sp³-hybridized carbons (Fsp3) is 0.682. The molecule has 30 heavy (non-hydrogen) atoms. The smallest absolute Gasteiger partial charge is 0.408 e. The molecule has 0 fully saturated rings. The first-order valence-corrected chi connectivity index (χ1v) is 12.1. The minimum absolute atomic E-state index is 0.211. The number of rotatable bonds is 10. The highest BCUT2D eigenvalue weighted by Gasteiger charge is 2.37. The van der Waals surface area contributed by atoms with Crippen LogP contribution in [0.25, 0.3) is 0 Å². The molecule has 0 aliphatic carbocycles. The van der Waals surface area contributed by atoms with E-state index < -0.39 is 25.1 Å². The largest absolute Gasteiger partial charge is 0.488 e. The van der Waals surface area contributed by atoms with Gasteiger partial charge in [0.2, 0.25) is 0 Å². The number of benzene rings is 1. The van der Waals surface area contributed by atoms with Gasteiger partial charge in [-0.05, 0) is 85.9 Å². The molecule has 1 atom stereocenters. The Labute approximate surface area is 181 Å². The summed E-state index contributed by atoms with van der Waals surface area (Å²) in [6, 6.07) is 7.72. The Bertz CT molecular complexity index is 696. The molecule has 1 amide bonds. The molecule has 0 saturated heterocycles. The summed E-state index contributed by atoms with van der Waals surface area (Å²) in [4.78, 5) is 12.3. The van der Waals surface area contributed by atoms with E-state index in [1.165, 1.54) is 0 Å². The molecule has 1 aromatic rings. The normalized spacial score (nSPS) is 13.6. The van der Waals surface area contributed by atoms with E-state index in [1.54, 1.807) is 34.6 Å². The van der Waals surface area contributed by atoms with Crippen LogP contribution in [-0.4, -0.2) is 36.3 Å². The number of carbonyl (C=O) groups excluding carboxylic acids is 1. The molecule has 0 bridgehead atoms. The maximum atomic E-state index is 13.3. The van der Waals surface area contributed by atoms with Crippen molar-refractivity contribution in [1.29, 1.82) is 0 Å². The van der Waals surface area contributed by atoms with Crippen LogP contribution >= 0.6 is 7.60 Å². The number of amides is 1. The maximum absolute atomic E-state index is 13.3. The van der Waals surface area contributed by atoms with Crippen LogP contribution in [0.3, 0.4) is 0 Å². The van der Waals surface area contributed by atoms with Gasteiger partial charge in [0.15, 0.2) is 0 Å². The number of aryl methyl sites for hydroxylation is 1. The molecule has 7 nitrogen and oxygen atoms in total. The van der Waals surface area contributed by atoms with Gasteiger partial charge in [-0.25, -0.2) is 4.79 Å². The number of hydrogen-bond donors (Lipinski definition) is 1. The van der Waals surface area contributed by atoms with Crippen LogP contribution < -0.4 is 10.1 Å². The maximum Gasteiger partial charge on any atom is 0.408 e. The van der Waals surface area contributed by atoms with Crippen molar-refractivity contribution >= 4 is 13.7 Å². The fourth-order valence-corrected chi connectivity index (χ4v) is 4.57. The number of alkyl carbamates (subject to hydrolysis) is 1. The average molecular weight is 444 g/mol. The van der Waals surface area contributed by atoms with Gasteiger partial charge in [0, 0.05) is 0 Å². The average Bonchev–Trinajstić information content (AvgIpc) is 2.57. The van der Waals surface area contributed by atoms with E-state index in [9.17, 15) is 9.36 Å². The van der Waals surface area contributed by atoms with Crippen LogP contribution in [0.2, 0.25) is 0 Å². The van der Waals surface area contributed by atoms with Crippen LogP contribution in [0.5, 0.6) is 5.75 Å². The van der Waals surface area contributed by atoms with E-state index in [1.807, 2.05) is 45.0 Å². The van der Waals surface area contributed by atoms with Crippen LogP contribution in [0, 0.1) is 0 Å². The summed E-state index contributed by atoms with van der Waals surface area (Å²) >= 11 is 0. The quantitative estimate of drug-likeness (QED) is 0.453. The SMILES string of the molecule is CCOP(=O)(OCC)[C@H](CCc1ccc(OC(C)(C)C)cc1)NC(=O)OC(C)(C)C. The zero-order chi connectivity index (χ0) is 23.0. The van der Waals surface area contributed by atoms with Crippen LogP contribution in [0.15, 0.2) is 24.3 Å². The zero-order valence-corrected chi connectivity index (χ0v) is 20.5. The summed E-state index contributed by atoms with van der Waals surface area (Å²) < 4.78 is 35.4. The Kier molecular flexibility index (Phi) is 9.86. The molecule has 0 aliphatic rings. The molecule has 0 heterocycles. The third-order valence-corrected chi connectivity index (χ3v) is 6.12. The van der Waals surface area contributed by atoms with Gasteiger partial charge in [-0.3, -0.25) is 4.57 Å². The number of nitrogens with one attached hydrogen (secondary N) is 1. The van der Waals surface area contributed by atoms with Crippen LogP contribution in [0.4, 0.5) is 4.79 Å². The highest BCUT2D eigenvalue weighted by Crippen LogP contribution is 2.53. The number of ether oxygens (including phenoxy) is 2. The van der Waals surface area contributed by atoms with Crippen molar-refractivity contribution in [3.05, 3.63) is 29.8 Å². The minimum Gasteiger partial charge on any atom is -0.488 e. The molecule has 1 rings (SSSR count). The van der Waals surface area contributed by atoms with Crippen molar-refractivity contribution in [3.63, 3.8) is 0 Å². The van der Waals surface area contributed by atoms with Crippen LogP contribution in [0.1, 0.15) is 67.4 Å². The van der Waals surface area contributed by atoms with Crippen molar-refractivity contribution in [3.8, 4) is 5.75 Å². The second-order valence-corrected chi connectivity index (χ2v) is 11.2. The third-order valence-electron chi connectivity index (χ3n) is 3.74. The third kappa shape index (κ3) is 9.96. The van der Waals surface area contributed by atoms with Gasteiger partial charge in [-0.1, -0.05) is 12.1 Å². The molecular formula is C22H38NO6P. The Morgan fingerprint density at radius 2 is 1.50 bits per heavy atom. The molecule has 0 unspecified atom stereocenters. The summed E-state index contributed by atoms with van der Waals surface area (Å²) in [6.45, 7) is 15.2. The molecule has 172 valence electrons. The lowest BCUT2D eigenvalue weighted by Crippen LogP contribution is -2.40. The van der Waals surface area contributed by atoms with E-state index in [-0.39, 0.29) is 18.8 Å². The molecule has 8 heteroatoms. The van der Waals surface area contributed by atoms with Gasteiger partial charge < -0.3 is 23.8 Å². The van der Waals surface area contributed by atoms with Gasteiger partial charge >= 0.3 is 13.7 Å². The molecule has 0 spiro atoms. The first-order chi connectivity index (χ1) is 13.8. The van der Waals surface area contributed by atoms with Crippen molar-refractivity contribution in [2.24, 2.45) is 0 Å². The summed E-state index contributed by atoms with van der Waals surface area (Å²) in [5, 5.41) is 2.70. The predicted molar refractivity (Wildman–Crippen MR) is 119 cm³/mol. The predicted octanol–water partition coefficient (Wildman–Crippen LogP) is 5.91. The molecular weight excluding hydrogens is 405 g/mol. The highest BCUT2D eigenvalue weighted by molar-refractivity contribution is 7.54. The standard InChI is InChI=1S/C22H38NO6P/c1-9-26-30(25,27-10-2)19(23-20(24)29-22(6,7)8)16-13-17-11-14-18(15-12-17)28-21(3,4)5/h11-12,14-15,19H,9-10,13,16H2,1-8H3,(H,23,24)/t19-/m1/s1. The Balaban J connectivity index is 2.94. The van der Waals surface area contributed by atoms with E-state index in [0.29, 0.717) is 12.8 Å². The molecule has 0 aromatic heterocycles. The Morgan fingerprint density at radius 3 is 1.93 bits per heavy atom. The van der Waals surface area contributed by atoms with Gasteiger partial charge in [-0.15, -0.1) is 0 Å². The zero-order valence-electron chi connectivity index (χ0n) is 19.6. The second-order valence-electron chi connectivity index (χ2n) is 8.93. The highest BCUT2D eigenvalue weighted by atomic mass is 31.2. The molecule has 0 aliphatic heterocycles. The second kappa shape index (κ2) is 11.2. The molecule has 1 aromatic carbocycles. The van der Waals surface area contributed by atoms with Gasteiger partial charge in [-0.2, -0.15) is 0 Å². The van der Waals surface area contributed by atoms with E-state index in [0.717, 1.165) is 11.3 Å². The van der Waals surface area contributed by atoms with Gasteiger partial charge in [0.1, 0.15) is 22.7 Å². The number of carbonyl (C=O) groups is 1. The van der Waals surface area contributed by atoms with Crippen molar-refractivity contribution in [2.45, 2.75) is 85.2 Å². The summed E-state index contributed by atoms with van der Waals surface area (Å²) in [6.07, 6.45) is 0.289. The summed E-state index contributed by atoms with van der Waals surface area (Å²) in [7, 11) is -3.56. The lowest BCUT2D eigenvalue weighted by molar-refractivity contribution is 0.0507. The fourth-order valence-electron chi connectivity index (χ4n) is 2.71. The van der Waals surface area contributed by atoms with Crippen LogP contribution in [-0.2, 0) is 24.8 Å². The van der Waals surface area contributed by atoms with E-state index in [2.05, 4.69) is 5.32 Å². The summed E-state index contributed by atoms with van der Waals surface area (Å²) in [5.74, 6) is -0.0401. The Hall–Kier alpha value is -1.56. The van der Waals surface area contributed by atoms with Crippen molar-refractivity contribution in [2.75, 3.05) is 13.2 Å². The topological polar surface area (TPSA) is 83.1 Å². The van der Waals surface area contributed by atoms with Crippen molar-refractivity contribution in [1.82, 2.24) is 5.32 Å². The van der Waals surface area contributed by atoms with Gasteiger partial charge in [0.25, 0.3) is 0 Å².